The van der Waals surface area contributed by atoms with E-state index in [0.717, 1.165) is 29.2 Å². The molecule has 3 aromatic carbocycles. The standard InChI is InChI=1S/C25H21F7N2O5S/c1-38-10-9-34(23(35)33-20-13-17(24(27,28)29)12-18(14-20)25(30,31)32)15-16-3-2-4-21(11-16)39-40(36,37)22-7-5-19(26)6-8-22/h2-8,11-14H,9-10,15H2,1H3,(H,33,35). The van der Waals surface area contributed by atoms with Gasteiger partial charge in [-0.25, -0.2) is 9.18 Å². The number of anilines is 1. The number of alkyl halides is 6. The zero-order valence-corrected chi connectivity index (χ0v) is 21.3. The van der Waals surface area contributed by atoms with Crippen LogP contribution in [0.2, 0.25) is 0 Å². The summed E-state index contributed by atoms with van der Waals surface area (Å²) < 4.78 is 127. The summed E-state index contributed by atoms with van der Waals surface area (Å²) in [5.74, 6) is -0.822. The molecule has 2 amide bonds. The van der Waals surface area contributed by atoms with Gasteiger partial charge in [0.2, 0.25) is 0 Å². The van der Waals surface area contributed by atoms with E-state index in [-0.39, 0.29) is 36.4 Å². The van der Waals surface area contributed by atoms with Gasteiger partial charge < -0.3 is 19.1 Å². The monoisotopic (exact) mass is 594 g/mol. The summed E-state index contributed by atoms with van der Waals surface area (Å²) >= 11 is 0. The van der Waals surface area contributed by atoms with E-state index in [9.17, 15) is 43.9 Å². The van der Waals surface area contributed by atoms with Crippen LogP contribution < -0.4 is 9.50 Å². The van der Waals surface area contributed by atoms with E-state index < -0.39 is 51.1 Å². The Labute approximate surface area is 224 Å². The normalized spacial score (nSPS) is 12.2. The van der Waals surface area contributed by atoms with E-state index in [2.05, 4.69) is 0 Å². The maximum Gasteiger partial charge on any atom is 0.416 e. The second-order valence-corrected chi connectivity index (χ2v) is 9.82. The highest BCUT2D eigenvalue weighted by molar-refractivity contribution is 7.87. The van der Waals surface area contributed by atoms with Crippen LogP contribution in [-0.2, 0) is 33.8 Å². The summed E-state index contributed by atoms with van der Waals surface area (Å²) in [5, 5.41) is 2.05. The lowest BCUT2D eigenvalue weighted by Gasteiger charge is -2.24. The number of carbonyl (C=O) groups excluding carboxylic acids is 1. The molecule has 0 aromatic heterocycles. The Hall–Kier alpha value is -3.85. The Bertz CT molecular complexity index is 1410. The minimum Gasteiger partial charge on any atom is -0.383 e. The molecule has 15 heteroatoms. The Morgan fingerprint density at radius 1 is 0.900 bits per heavy atom. The number of urea groups is 1. The topological polar surface area (TPSA) is 84.9 Å². The summed E-state index contributed by atoms with van der Waals surface area (Å²) in [6, 6.07) is 8.95. The average molecular weight is 595 g/mol. The Balaban J connectivity index is 1.83. The van der Waals surface area contributed by atoms with Crippen molar-refractivity contribution in [2.45, 2.75) is 23.8 Å². The van der Waals surface area contributed by atoms with Crippen molar-refractivity contribution in [2.24, 2.45) is 0 Å². The number of methoxy groups -OCH3 is 1. The lowest BCUT2D eigenvalue weighted by Crippen LogP contribution is -2.37. The zero-order valence-electron chi connectivity index (χ0n) is 20.5. The van der Waals surface area contributed by atoms with Gasteiger partial charge in [-0.2, -0.15) is 34.8 Å². The predicted octanol–water partition coefficient (Wildman–Crippen LogP) is 6.31. The molecule has 216 valence electrons. The van der Waals surface area contributed by atoms with Gasteiger partial charge >= 0.3 is 28.5 Å². The molecule has 3 rings (SSSR count). The molecule has 0 aliphatic heterocycles. The van der Waals surface area contributed by atoms with Crippen molar-refractivity contribution < 1.29 is 52.9 Å². The van der Waals surface area contributed by atoms with Gasteiger partial charge in [0, 0.05) is 25.9 Å². The van der Waals surface area contributed by atoms with E-state index in [1.165, 1.54) is 31.4 Å². The molecule has 0 fully saturated rings. The second-order valence-electron chi connectivity index (χ2n) is 8.28. The number of carbonyl (C=O) groups is 1. The van der Waals surface area contributed by atoms with Gasteiger partial charge in [-0.1, -0.05) is 12.1 Å². The van der Waals surface area contributed by atoms with Crippen LogP contribution in [-0.4, -0.2) is 39.6 Å². The molecule has 0 heterocycles. The second kappa shape index (κ2) is 12.1. The SMILES string of the molecule is COCCN(Cc1cccc(OS(=O)(=O)c2ccc(F)cc2)c1)C(=O)Nc1cc(C(F)(F)F)cc(C(F)(F)F)c1. The maximum absolute atomic E-state index is 13.2. The zero-order chi connectivity index (χ0) is 29.7. The first kappa shape index (κ1) is 30.7. The summed E-state index contributed by atoms with van der Waals surface area (Å²) in [4.78, 5) is 13.6. The first-order chi connectivity index (χ1) is 18.6. The average Bonchev–Trinajstić information content (AvgIpc) is 2.85. The molecule has 0 bridgehead atoms. The fourth-order valence-corrected chi connectivity index (χ4v) is 4.30. The predicted molar refractivity (Wildman–Crippen MR) is 128 cm³/mol. The third kappa shape index (κ3) is 8.32. The molecule has 1 N–H and O–H groups in total. The molecule has 0 unspecified atom stereocenters. The Morgan fingerprint density at radius 2 is 1.50 bits per heavy atom. The fraction of sp³-hybridized carbons (Fsp3) is 0.240. The molecular formula is C25H21F7N2O5S. The number of amides is 2. The highest BCUT2D eigenvalue weighted by atomic mass is 32.2. The summed E-state index contributed by atoms with van der Waals surface area (Å²) in [6.45, 7) is -0.431. The van der Waals surface area contributed by atoms with E-state index in [1.54, 1.807) is 0 Å². The summed E-state index contributed by atoms with van der Waals surface area (Å²) in [5.41, 5.74) is -3.64. The number of halogens is 7. The van der Waals surface area contributed by atoms with Crippen molar-refractivity contribution in [3.8, 4) is 5.75 Å². The molecule has 0 aliphatic carbocycles. The third-order valence-corrected chi connectivity index (χ3v) is 6.53. The first-order valence-corrected chi connectivity index (χ1v) is 12.6. The van der Waals surface area contributed by atoms with Crippen molar-refractivity contribution in [3.05, 3.63) is 89.2 Å². The minimum atomic E-state index is -5.11. The molecule has 3 aromatic rings. The van der Waals surface area contributed by atoms with Gasteiger partial charge in [0.15, 0.2) is 0 Å². The van der Waals surface area contributed by atoms with E-state index in [0.29, 0.717) is 17.7 Å². The van der Waals surface area contributed by atoms with Crippen LogP contribution in [0.1, 0.15) is 16.7 Å². The number of nitrogens with one attached hydrogen (secondary N) is 1. The summed E-state index contributed by atoms with van der Waals surface area (Å²) in [7, 11) is -3.03. The summed E-state index contributed by atoms with van der Waals surface area (Å²) in [6.07, 6.45) is -10.2. The number of rotatable bonds is 9. The highest BCUT2D eigenvalue weighted by Crippen LogP contribution is 2.37. The molecule has 0 atom stereocenters. The van der Waals surface area contributed by atoms with E-state index >= 15 is 0 Å². The number of nitrogens with zero attached hydrogens (tertiary/aromatic N) is 1. The highest BCUT2D eigenvalue weighted by Gasteiger charge is 2.37. The Kier molecular flexibility index (Phi) is 9.30. The molecule has 0 aliphatic rings. The molecule has 0 saturated carbocycles. The van der Waals surface area contributed by atoms with Gasteiger partial charge in [-0.05, 0) is 60.2 Å². The molecule has 0 radical (unpaired) electrons. The van der Waals surface area contributed by atoms with Crippen molar-refractivity contribution in [1.29, 1.82) is 0 Å². The quantitative estimate of drug-likeness (QED) is 0.232. The van der Waals surface area contributed by atoms with Crippen molar-refractivity contribution in [3.63, 3.8) is 0 Å². The molecule has 0 spiro atoms. The van der Waals surface area contributed by atoms with Crippen molar-refractivity contribution in [1.82, 2.24) is 4.90 Å². The number of benzene rings is 3. The molecule has 0 saturated heterocycles. The van der Waals surface area contributed by atoms with Gasteiger partial charge in [-0.3, -0.25) is 0 Å². The van der Waals surface area contributed by atoms with Crippen LogP contribution in [0.3, 0.4) is 0 Å². The smallest absolute Gasteiger partial charge is 0.383 e. The van der Waals surface area contributed by atoms with Crippen LogP contribution in [0.4, 0.5) is 41.2 Å². The van der Waals surface area contributed by atoms with Gasteiger partial charge in [-0.15, -0.1) is 0 Å². The Morgan fingerprint density at radius 3 is 2.05 bits per heavy atom. The van der Waals surface area contributed by atoms with Gasteiger partial charge in [0.1, 0.15) is 16.5 Å². The van der Waals surface area contributed by atoms with Crippen molar-refractivity contribution in [2.75, 3.05) is 25.6 Å². The molecule has 7 nitrogen and oxygen atoms in total. The minimum absolute atomic E-state index is 0.0427. The number of hydrogen-bond donors (Lipinski definition) is 1. The van der Waals surface area contributed by atoms with Crippen LogP contribution in [0.25, 0.3) is 0 Å². The first-order valence-electron chi connectivity index (χ1n) is 11.2. The lowest BCUT2D eigenvalue weighted by atomic mass is 10.1. The van der Waals surface area contributed by atoms with Crippen LogP contribution in [0, 0.1) is 5.82 Å². The molecular weight excluding hydrogens is 573 g/mol. The van der Waals surface area contributed by atoms with E-state index in [1.807, 2.05) is 5.32 Å². The van der Waals surface area contributed by atoms with Crippen LogP contribution >= 0.6 is 0 Å². The van der Waals surface area contributed by atoms with Crippen LogP contribution in [0.5, 0.6) is 5.75 Å². The maximum atomic E-state index is 13.2. The van der Waals surface area contributed by atoms with Crippen molar-refractivity contribution >= 4 is 21.8 Å². The fourth-order valence-electron chi connectivity index (χ4n) is 3.38. The van der Waals surface area contributed by atoms with Gasteiger partial charge in [0.25, 0.3) is 0 Å². The lowest BCUT2D eigenvalue weighted by molar-refractivity contribution is -0.143. The van der Waals surface area contributed by atoms with E-state index in [4.69, 9.17) is 8.92 Å². The number of hydrogen-bond acceptors (Lipinski definition) is 5. The largest absolute Gasteiger partial charge is 0.416 e. The third-order valence-electron chi connectivity index (χ3n) is 5.27. The van der Waals surface area contributed by atoms with Crippen LogP contribution in [0.15, 0.2) is 71.6 Å². The molecule has 40 heavy (non-hydrogen) atoms. The van der Waals surface area contributed by atoms with Gasteiger partial charge in [0.05, 0.1) is 17.7 Å². The number of ether oxygens (including phenoxy) is 1.